The van der Waals surface area contributed by atoms with Crippen molar-refractivity contribution in [3.8, 4) is 5.75 Å². The standard InChI is InChI=1S/C18H23N3O2/c1-23-18-8-14-4-2-3-13(14)7-15(18)10-20-11-16-9-19-21(5-6-22)17(16)12-20/h7-9,22H,2-6,10-12H2,1H3. The Hall–Kier alpha value is -1.85. The van der Waals surface area contributed by atoms with Crippen molar-refractivity contribution in [1.29, 1.82) is 0 Å². The summed E-state index contributed by atoms with van der Waals surface area (Å²) >= 11 is 0. The quantitative estimate of drug-likeness (QED) is 0.916. The summed E-state index contributed by atoms with van der Waals surface area (Å²) in [5.41, 5.74) is 6.73. The van der Waals surface area contributed by atoms with Gasteiger partial charge in [-0.2, -0.15) is 5.10 Å². The highest BCUT2D eigenvalue weighted by atomic mass is 16.5. The third kappa shape index (κ3) is 2.64. The Labute approximate surface area is 136 Å². The molecule has 1 aromatic heterocycles. The summed E-state index contributed by atoms with van der Waals surface area (Å²) in [6.07, 6.45) is 5.56. The molecular formula is C18H23N3O2. The van der Waals surface area contributed by atoms with Crippen molar-refractivity contribution in [1.82, 2.24) is 14.7 Å². The zero-order valence-corrected chi connectivity index (χ0v) is 13.6. The molecule has 1 aliphatic heterocycles. The number of aliphatic hydroxyl groups excluding tert-OH is 1. The van der Waals surface area contributed by atoms with Crippen LogP contribution < -0.4 is 4.74 Å². The van der Waals surface area contributed by atoms with Crippen molar-refractivity contribution in [2.24, 2.45) is 0 Å². The van der Waals surface area contributed by atoms with Gasteiger partial charge in [-0.25, -0.2) is 0 Å². The highest BCUT2D eigenvalue weighted by Gasteiger charge is 2.25. The van der Waals surface area contributed by atoms with Crippen LogP contribution in [0.3, 0.4) is 0 Å². The number of ether oxygens (including phenoxy) is 1. The van der Waals surface area contributed by atoms with E-state index >= 15 is 0 Å². The molecule has 0 unspecified atom stereocenters. The zero-order valence-electron chi connectivity index (χ0n) is 13.6. The predicted octanol–water partition coefficient (Wildman–Crippen LogP) is 1.89. The average molecular weight is 313 g/mol. The van der Waals surface area contributed by atoms with E-state index in [0.717, 1.165) is 25.4 Å². The lowest BCUT2D eigenvalue weighted by Gasteiger charge is -2.19. The van der Waals surface area contributed by atoms with Gasteiger partial charge < -0.3 is 9.84 Å². The van der Waals surface area contributed by atoms with E-state index in [9.17, 15) is 0 Å². The van der Waals surface area contributed by atoms with Crippen LogP contribution >= 0.6 is 0 Å². The summed E-state index contributed by atoms with van der Waals surface area (Å²) in [4.78, 5) is 2.42. The molecule has 0 saturated carbocycles. The number of aliphatic hydroxyl groups is 1. The second-order valence-electron chi connectivity index (χ2n) is 6.49. The van der Waals surface area contributed by atoms with Crippen molar-refractivity contribution in [2.45, 2.75) is 45.4 Å². The molecule has 0 bridgehead atoms. The lowest BCUT2D eigenvalue weighted by molar-refractivity contribution is 0.248. The monoisotopic (exact) mass is 313 g/mol. The maximum absolute atomic E-state index is 9.14. The number of benzene rings is 1. The second-order valence-corrected chi connectivity index (χ2v) is 6.49. The van der Waals surface area contributed by atoms with Crippen molar-refractivity contribution in [3.05, 3.63) is 46.3 Å². The van der Waals surface area contributed by atoms with Gasteiger partial charge in [-0.1, -0.05) is 6.07 Å². The molecule has 0 atom stereocenters. The van der Waals surface area contributed by atoms with E-state index in [1.807, 2.05) is 10.9 Å². The Balaban J connectivity index is 1.53. The van der Waals surface area contributed by atoms with Crippen molar-refractivity contribution in [3.63, 3.8) is 0 Å². The fraction of sp³-hybridized carbons (Fsp3) is 0.500. The zero-order chi connectivity index (χ0) is 15.8. The van der Waals surface area contributed by atoms with Gasteiger partial charge in [0.1, 0.15) is 5.75 Å². The maximum atomic E-state index is 9.14. The molecule has 0 spiro atoms. The molecular weight excluding hydrogens is 290 g/mol. The van der Waals surface area contributed by atoms with E-state index < -0.39 is 0 Å². The summed E-state index contributed by atoms with van der Waals surface area (Å²) in [6.45, 7) is 3.40. The van der Waals surface area contributed by atoms with Crippen molar-refractivity contribution < 1.29 is 9.84 Å². The molecule has 1 aromatic carbocycles. The number of hydrogen-bond donors (Lipinski definition) is 1. The van der Waals surface area contributed by atoms with Gasteiger partial charge in [0.05, 0.1) is 32.2 Å². The summed E-state index contributed by atoms with van der Waals surface area (Å²) in [6, 6.07) is 4.57. The van der Waals surface area contributed by atoms with E-state index in [1.165, 1.54) is 47.2 Å². The Bertz CT molecular complexity index is 723. The second kappa shape index (κ2) is 5.98. The molecule has 122 valence electrons. The van der Waals surface area contributed by atoms with Gasteiger partial charge in [-0.3, -0.25) is 9.58 Å². The smallest absolute Gasteiger partial charge is 0.123 e. The van der Waals surface area contributed by atoms with Gasteiger partial charge in [-0.15, -0.1) is 0 Å². The first-order valence-corrected chi connectivity index (χ1v) is 8.34. The number of methoxy groups -OCH3 is 1. The van der Waals surface area contributed by atoms with Crippen LogP contribution in [-0.2, 0) is 39.0 Å². The Kier molecular flexibility index (Phi) is 3.83. The van der Waals surface area contributed by atoms with E-state index in [0.29, 0.717) is 6.54 Å². The van der Waals surface area contributed by atoms with Crippen LogP contribution in [0.25, 0.3) is 0 Å². The van der Waals surface area contributed by atoms with Crippen LogP contribution in [0.15, 0.2) is 18.3 Å². The Morgan fingerprint density at radius 2 is 2.00 bits per heavy atom. The third-order valence-electron chi connectivity index (χ3n) is 5.00. The highest BCUT2D eigenvalue weighted by Crippen LogP contribution is 2.32. The molecule has 2 aromatic rings. The lowest BCUT2D eigenvalue weighted by atomic mass is 10.0. The molecule has 0 radical (unpaired) electrons. The highest BCUT2D eigenvalue weighted by molar-refractivity contribution is 5.45. The van der Waals surface area contributed by atoms with Crippen LogP contribution in [0.4, 0.5) is 0 Å². The minimum Gasteiger partial charge on any atom is -0.496 e. The number of rotatable bonds is 5. The molecule has 4 rings (SSSR count). The molecule has 0 amide bonds. The fourth-order valence-corrected chi connectivity index (χ4v) is 3.88. The topological polar surface area (TPSA) is 50.5 Å². The largest absolute Gasteiger partial charge is 0.496 e. The third-order valence-corrected chi connectivity index (χ3v) is 5.00. The molecule has 1 N–H and O–H groups in total. The van der Waals surface area contributed by atoms with Crippen LogP contribution in [0, 0.1) is 0 Å². The number of hydrogen-bond acceptors (Lipinski definition) is 4. The first-order chi connectivity index (χ1) is 11.3. The minimum atomic E-state index is 0.132. The van der Waals surface area contributed by atoms with Gasteiger partial charge in [0, 0.05) is 30.8 Å². The molecule has 1 aliphatic carbocycles. The van der Waals surface area contributed by atoms with Gasteiger partial charge >= 0.3 is 0 Å². The predicted molar refractivity (Wildman–Crippen MR) is 87.3 cm³/mol. The molecule has 0 fully saturated rings. The molecule has 2 heterocycles. The number of nitrogens with zero attached hydrogens (tertiary/aromatic N) is 3. The normalized spacial score (nSPS) is 16.6. The van der Waals surface area contributed by atoms with Crippen LogP contribution in [0.1, 0.15) is 34.4 Å². The van der Waals surface area contributed by atoms with Gasteiger partial charge in [0.15, 0.2) is 0 Å². The molecule has 5 heteroatoms. The average Bonchev–Trinajstić information content (AvgIpc) is 3.23. The van der Waals surface area contributed by atoms with Gasteiger partial charge in [0.2, 0.25) is 0 Å². The van der Waals surface area contributed by atoms with Crippen molar-refractivity contribution >= 4 is 0 Å². The van der Waals surface area contributed by atoms with Crippen LogP contribution in [0.5, 0.6) is 5.75 Å². The van der Waals surface area contributed by atoms with Gasteiger partial charge in [-0.05, 0) is 36.5 Å². The molecule has 23 heavy (non-hydrogen) atoms. The number of fused-ring (bicyclic) bond motifs is 2. The summed E-state index contributed by atoms with van der Waals surface area (Å²) in [5, 5.41) is 13.5. The van der Waals surface area contributed by atoms with E-state index in [4.69, 9.17) is 9.84 Å². The maximum Gasteiger partial charge on any atom is 0.123 e. The number of aromatic nitrogens is 2. The number of aryl methyl sites for hydroxylation is 2. The van der Waals surface area contributed by atoms with Crippen molar-refractivity contribution in [2.75, 3.05) is 13.7 Å². The lowest BCUT2D eigenvalue weighted by Crippen LogP contribution is -2.18. The Morgan fingerprint density at radius 3 is 2.78 bits per heavy atom. The SMILES string of the molecule is COc1cc2c(cc1CN1Cc3cnn(CCO)c3C1)CCC2. The van der Waals surface area contributed by atoms with E-state index in [1.54, 1.807) is 7.11 Å². The van der Waals surface area contributed by atoms with Gasteiger partial charge in [0.25, 0.3) is 0 Å². The van der Waals surface area contributed by atoms with E-state index in [2.05, 4.69) is 22.1 Å². The first kappa shape index (κ1) is 14.7. The Morgan fingerprint density at radius 1 is 1.17 bits per heavy atom. The summed E-state index contributed by atoms with van der Waals surface area (Å²) < 4.78 is 7.55. The van der Waals surface area contributed by atoms with E-state index in [-0.39, 0.29) is 6.61 Å². The first-order valence-electron chi connectivity index (χ1n) is 8.34. The molecule has 5 nitrogen and oxygen atoms in total. The molecule has 0 saturated heterocycles. The minimum absolute atomic E-state index is 0.132. The summed E-state index contributed by atoms with van der Waals surface area (Å²) in [5.74, 6) is 1.01. The fourth-order valence-electron chi connectivity index (χ4n) is 3.88. The van der Waals surface area contributed by atoms with Crippen LogP contribution in [0.2, 0.25) is 0 Å². The summed E-state index contributed by atoms with van der Waals surface area (Å²) in [7, 11) is 1.76. The van der Waals surface area contributed by atoms with Crippen LogP contribution in [-0.4, -0.2) is 33.5 Å². The molecule has 2 aliphatic rings.